The van der Waals surface area contributed by atoms with Crippen LogP contribution in [0.3, 0.4) is 0 Å². The van der Waals surface area contributed by atoms with E-state index in [4.69, 9.17) is 20.4 Å². The fourth-order valence-electron chi connectivity index (χ4n) is 0.307. The van der Waals surface area contributed by atoms with Gasteiger partial charge in [-0.3, -0.25) is 0 Å². The Morgan fingerprint density at radius 1 is 1.30 bits per heavy atom. The van der Waals surface area contributed by atoms with Crippen molar-refractivity contribution >= 4 is 5.97 Å². The number of hydrogen-bond donors (Lipinski definition) is 4. The Labute approximate surface area is 56.8 Å². The third-order valence-electron chi connectivity index (χ3n) is 0.841. The highest BCUT2D eigenvalue weighted by molar-refractivity contribution is 5.84. The Morgan fingerprint density at radius 3 is 1.80 bits per heavy atom. The van der Waals surface area contributed by atoms with E-state index in [0.717, 1.165) is 6.92 Å². The van der Waals surface area contributed by atoms with Gasteiger partial charge in [0.05, 0.1) is 0 Å². The van der Waals surface area contributed by atoms with Gasteiger partial charge in [0.2, 0.25) is 5.76 Å². The van der Waals surface area contributed by atoms with E-state index in [0.29, 0.717) is 0 Å². The summed E-state index contributed by atoms with van der Waals surface area (Å²) in [6.45, 7) is 1.13. The normalized spacial score (nSPS) is 15.8. The number of hydrogen-bond acceptors (Lipinski definition) is 4. The molecule has 0 fully saturated rings. The van der Waals surface area contributed by atoms with E-state index in [9.17, 15) is 4.79 Å². The standard InChI is InChI=1S/C5H8O5/c1-2(6)3(7)4(8)5(9)10/h2,6-8H,1H3,(H,9,10). The van der Waals surface area contributed by atoms with Crippen molar-refractivity contribution in [3.63, 3.8) is 0 Å². The fourth-order valence-corrected chi connectivity index (χ4v) is 0.307. The molecule has 0 saturated carbocycles. The van der Waals surface area contributed by atoms with Gasteiger partial charge in [-0.2, -0.15) is 0 Å². The molecule has 0 aliphatic heterocycles. The zero-order chi connectivity index (χ0) is 8.31. The molecule has 0 heterocycles. The van der Waals surface area contributed by atoms with Gasteiger partial charge in [0.1, 0.15) is 6.10 Å². The van der Waals surface area contributed by atoms with Gasteiger partial charge < -0.3 is 20.4 Å². The van der Waals surface area contributed by atoms with Crippen molar-refractivity contribution in [2.45, 2.75) is 13.0 Å². The van der Waals surface area contributed by atoms with Crippen LogP contribution in [0.25, 0.3) is 0 Å². The highest BCUT2D eigenvalue weighted by Crippen LogP contribution is 2.02. The summed E-state index contributed by atoms with van der Waals surface area (Å²) < 4.78 is 0. The van der Waals surface area contributed by atoms with Crippen LogP contribution in [-0.2, 0) is 4.79 Å². The van der Waals surface area contributed by atoms with Crippen LogP contribution in [0.15, 0.2) is 11.5 Å². The summed E-state index contributed by atoms with van der Waals surface area (Å²) in [5.41, 5.74) is 0. The molecule has 1 atom stereocenters. The monoisotopic (exact) mass is 148 g/mol. The van der Waals surface area contributed by atoms with Crippen LogP contribution in [0.1, 0.15) is 6.92 Å². The van der Waals surface area contributed by atoms with E-state index in [1.165, 1.54) is 0 Å². The number of aliphatic carboxylic acids is 1. The van der Waals surface area contributed by atoms with Crippen molar-refractivity contribution in [1.29, 1.82) is 0 Å². The van der Waals surface area contributed by atoms with Gasteiger partial charge in [-0.1, -0.05) is 0 Å². The molecule has 0 aromatic rings. The molecule has 0 saturated heterocycles. The number of aliphatic hydroxyl groups excluding tert-OH is 3. The minimum Gasteiger partial charge on any atom is -0.506 e. The molecule has 58 valence electrons. The van der Waals surface area contributed by atoms with E-state index in [1.807, 2.05) is 0 Å². The first-order valence-electron chi connectivity index (χ1n) is 2.50. The first kappa shape index (κ1) is 8.77. The number of aliphatic hydroxyl groups is 3. The van der Waals surface area contributed by atoms with Gasteiger partial charge in [0.25, 0.3) is 0 Å². The molecule has 10 heavy (non-hydrogen) atoms. The second kappa shape index (κ2) is 3.07. The van der Waals surface area contributed by atoms with E-state index in [2.05, 4.69) is 0 Å². The minimum absolute atomic E-state index is 0.937. The van der Waals surface area contributed by atoms with E-state index < -0.39 is 23.6 Å². The number of carboxylic acid groups (broad SMARTS) is 1. The van der Waals surface area contributed by atoms with Gasteiger partial charge in [-0.15, -0.1) is 0 Å². The van der Waals surface area contributed by atoms with Crippen molar-refractivity contribution in [3.05, 3.63) is 11.5 Å². The molecular weight excluding hydrogens is 140 g/mol. The number of carbonyl (C=O) groups is 1. The van der Waals surface area contributed by atoms with Crippen molar-refractivity contribution in [1.82, 2.24) is 0 Å². The molecule has 5 nitrogen and oxygen atoms in total. The molecule has 0 aliphatic rings. The Hall–Kier alpha value is -1.23. The average molecular weight is 148 g/mol. The molecule has 0 rings (SSSR count). The lowest BCUT2D eigenvalue weighted by Crippen LogP contribution is -2.12. The predicted octanol–water partition coefficient (Wildman–Crippen LogP) is -0.221. The molecule has 0 aliphatic carbocycles. The second-order valence-corrected chi connectivity index (χ2v) is 1.71. The van der Waals surface area contributed by atoms with Crippen LogP contribution < -0.4 is 0 Å². The zero-order valence-corrected chi connectivity index (χ0v) is 5.27. The number of carboxylic acids is 1. The van der Waals surface area contributed by atoms with Crippen molar-refractivity contribution < 1.29 is 25.2 Å². The van der Waals surface area contributed by atoms with Crippen molar-refractivity contribution in [3.8, 4) is 0 Å². The Morgan fingerprint density at radius 2 is 1.70 bits per heavy atom. The summed E-state index contributed by atoms with van der Waals surface area (Å²) in [7, 11) is 0. The molecule has 1 unspecified atom stereocenters. The van der Waals surface area contributed by atoms with Crippen LogP contribution >= 0.6 is 0 Å². The molecule has 0 aromatic carbocycles. The van der Waals surface area contributed by atoms with Crippen molar-refractivity contribution in [2.24, 2.45) is 0 Å². The Balaban J connectivity index is 4.50. The topological polar surface area (TPSA) is 98.0 Å². The highest BCUT2D eigenvalue weighted by Gasteiger charge is 2.15. The van der Waals surface area contributed by atoms with Crippen LogP contribution in [0.2, 0.25) is 0 Å². The van der Waals surface area contributed by atoms with Gasteiger partial charge in [0, 0.05) is 0 Å². The lowest BCUT2D eigenvalue weighted by atomic mass is 10.3. The van der Waals surface area contributed by atoms with Crippen LogP contribution in [-0.4, -0.2) is 32.5 Å². The molecule has 0 radical (unpaired) electrons. The summed E-state index contributed by atoms with van der Waals surface area (Å²) in [5.74, 6) is -3.83. The van der Waals surface area contributed by atoms with Crippen LogP contribution in [0, 0.1) is 0 Å². The van der Waals surface area contributed by atoms with Crippen LogP contribution in [0.5, 0.6) is 0 Å². The van der Waals surface area contributed by atoms with E-state index in [1.54, 1.807) is 0 Å². The Bertz CT molecular complexity index is 169. The first-order chi connectivity index (χ1) is 4.46. The van der Waals surface area contributed by atoms with Gasteiger partial charge in [-0.05, 0) is 6.92 Å². The molecular formula is C5H8O5. The lowest BCUT2D eigenvalue weighted by molar-refractivity contribution is -0.136. The largest absolute Gasteiger partial charge is 0.506 e. The summed E-state index contributed by atoms with van der Waals surface area (Å²) in [6.07, 6.45) is -1.36. The van der Waals surface area contributed by atoms with Crippen molar-refractivity contribution in [2.75, 3.05) is 0 Å². The van der Waals surface area contributed by atoms with Gasteiger partial charge in [-0.25, -0.2) is 4.79 Å². The molecule has 0 spiro atoms. The fraction of sp³-hybridized carbons (Fsp3) is 0.400. The molecule has 0 amide bonds. The maximum atomic E-state index is 9.87. The molecule has 0 aromatic heterocycles. The maximum Gasteiger partial charge on any atom is 0.374 e. The summed E-state index contributed by atoms with van der Waals surface area (Å²) in [4.78, 5) is 9.87. The smallest absolute Gasteiger partial charge is 0.374 e. The quantitative estimate of drug-likeness (QED) is 0.320. The van der Waals surface area contributed by atoms with Gasteiger partial charge >= 0.3 is 5.97 Å². The van der Waals surface area contributed by atoms with E-state index >= 15 is 0 Å². The maximum absolute atomic E-state index is 9.87. The predicted molar refractivity (Wildman–Crippen MR) is 31.6 cm³/mol. The molecule has 5 heteroatoms. The zero-order valence-electron chi connectivity index (χ0n) is 5.27. The third kappa shape index (κ3) is 1.94. The first-order valence-corrected chi connectivity index (χ1v) is 2.50. The Kier molecular flexibility index (Phi) is 2.69. The second-order valence-electron chi connectivity index (χ2n) is 1.71. The van der Waals surface area contributed by atoms with Gasteiger partial charge in [0.15, 0.2) is 5.76 Å². The van der Waals surface area contributed by atoms with E-state index in [-0.39, 0.29) is 0 Å². The lowest BCUT2D eigenvalue weighted by Gasteiger charge is -2.02. The number of rotatable bonds is 2. The summed E-state index contributed by atoms with van der Waals surface area (Å²) >= 11 is 0. The summed E-state index contributed by atoms with van der Waals surface area (Å²) in [5, 5.41) is 33.5. The van der Waals surface area contributed by atoms with Crippen LogP contribution in [0.4, 0.5) is 0 Å². The minimum atomic E-state index is -1.67. The molecule has 4 N–H and O–H groups in total. The SMILES string of the molecule is CC(O)C(O)=C(O)C(=O)O. The summed E-state index contributed by atoms with van der Waals surface area (Å²) in [6, 6.07) is 0. The molecule has 0 bridgehead atoms. The highest BCUT2D eigenvalue weighted by atomic mass is 16.4. The average Bonchev–Trinajstić information content (AvgIpc) is 1.84. The third-order valence-corrected chi connectivity index (χ3v) is 0.841.